The Morgan fingerprint density at radius 1 is 1.30 bits per heavy atom. The number of rotatable bonds is 3. The lowest BCUT2D eigenvalue weighted by Gasteiger charge is -2.38. The monoisotopic (exact) mass is 410 g/mol. The molecule has 8 nitrogen and oxygen atoms in total. The van der Waals surface area contributed by atoms with Gasteiger partial charge in [-0.2, -0.15) is 0 Å². The highest BCUT2D eigenvalue weighted by molar-refractivity contribution is 5.88. The number of anilines is 1. The number of piperidine rings is 1. The average molecular weight is 410 g/mol. The Balaban J connectivity index is 1.44. The van der Waals surface area contributed by atoms with E-state index in [1.165, 1.54) is 10.6 Å². The molecule has 0 spiro atoms. The molecule has 5 rings (SSSR count). The number of nitrogens with one attached hydrogen (secondary N) is 1. The molecule has 0 saturated carbocycles. The Morgan fingerprint density at radius 2 is 2.13 bits per heavy atom. The van der Waals surface area contributed by atoms with Gasteiger partial charge in [-0.15, -0.1) is 10.2 Å². The Morgan fingerprint density at radius 3 is 2.90 bits per heavy atom. The first-order valence-corrected chi connectivity index (χ1v) is 10.1. The Hall–Kier alpha value is -3.07. The normalized spacial score (nSPS) is 25.6. The number of alkyl halides is 1. The van der Waals surface area contributed by atoms with Gasteiger partial charge in [0.05, 0.1) is 23.2 Å². The summed E-state index contributed by atoms with van der Waals surface area (Å²) >= 11 is 0. The molecule has 0 radical (unpaired) electrons. The van der Waals surface area contributed by atoms with Gasteiger partial charge < -0.3 is 19.9 Å². The third-order valence-corrected chi connectivity index (χ3v) is 6.40. The molecule has 2 bridgehead atoms. The molecule has 2 aliphatic rings. The maximum Gasteiger partial charge on any atom is 0.258 e. The van der Waals surface area contributed by atoms with Gasteiger partial charge in [0.15, 0.2) is 11.6 Å². The molecule has 1 aromatic carbocycles. The summed E-state index contributed by atoms with van der Waals surface area (Å²) in [5, 5.41) is 23.3. The van der Waals surface area contributed by atoms with Crippen molar-refractivity contribution in [1.82, 2.24) is 25.1 Å². The Bertz CT molecular complexity index is 1160. The second kappa shape index (κ2) is 7.02. The van der Waals surface area contributed by atoms with E-state index in [4.69, 9.17) is 0 Å². The summed E-state index contributed by atoms with van der Waals surface area (Å²) in [4.78, 5) is 18.4. The van der Waals surface area contributed by atoms with E-state index < -0.39 is 6.17 Å². The van der Waals surface area contributed by atoms with Crippen LogP contribution in [-0.4, -0.2) is 56.2 Å². The predicted octanol–water partition coefficient (Wildman–Crippen LogP) is 1.76. The lowest BCUT2D eigenvalue weighted by atomic mass is 9.96. The molecule has 0 amide bonds. The Labute approximate surface area is 172 Å². The van der Waals surface area contributed by atoms with Crippen molar-refractivity contribution in [3.8, 4) is 17.1 Å². The number of halogens is 1. The zero-order valence-corrected chi connectivity index (χ0v) is 16.8. The number of pyridine rings is 1. The van der Waals surface area contributed by atoms with Crippen LogP contribution < -0.4 is 15.8 Å². The zero-order valence-electron chi connectivity index (χ0n) is 16.8. The number of phenols is 1. The number of fused-ring (bicyclic) bond motifs is 3. The second-order valence-electron chi connectivity index (χ2n) is 8.23. The summed E-state index contributed by atoms with van der Waals surface area (Å²) in [6, 6.07) is 4.87. The highest BCUT2D eigenvalue weighted by atomic mass is 19.1. The first-order chi connectivity index (χ1) is 14.4. The van der Waals surface area contributed by atoms with Crippen molar-refractivity contribution in [1.29, 1.82) is 0 Å². The minimum atomic E-state index is -0.970. The van der Waals surface area contributed by atoms with Crippen LogP contribution in [0.2, 0.25) is 0 Å². The van der Waals surface area contributed by atoms with E-state index in [-0.39, 0.29) is 29.2 Å². The fourth-order valence-corrected chi connectivity index (χ4v) is 4.63. The van der Waals surface area contributed by atoms with Gasteiger partial charge in [0.1, 0.15) is 11.9 Å². The average Bonchev–Trinajstić information content (AvgIpc) is 3.17. The minimum absolute atomic E-state index is 0.0903. The summed E-state index contributed by atoms with van der Waals surface area (Å²) in [7, 11) is 3.47. The molecular weight excluding hydrogens is 387 g/mol. The number of nitrogens with zero attached hydrogens (tertiary/aromatic N) is 5. The third-order valence-electron chi connectivity index (χ3n) is 6.40. The van der Waals surface area contributed by atoms with Gasteiger partial charge in [0.25, 0.3) is 5.56 Å². The largest absolute Gasteiger partial charge is 0.507 e. The lowest BCUT2D eigenvalue weighted by molar-refractivity contribution is 0.176. The van der Waals surface area contributed by atoms with E-state index in [2.05, 4.69) is 20.5 Å². The molecule has 4 atom stereocenters. The number of benzene rings is 1. The summed E-state index contributed by atoms with van der Waals surface area (Å²) in [6.07, 6.45) is 4.83. The minimum Gasteiger partial charge on any atom is -0.507 e. The van der Waals surface area contributed by atoms with E-state index in [1.54, 1.807) is 31.6 Å². The van der Waals surface area contributed by atoms with Crippen molar-refractivity contribution in [2.45, 2.75) is 43.6 Å². The van der Waals surface area contributed by atoms with E-state index in [0.717, 1.165) is 19.3 Å². The molecule has 2 fully saturated rings. The van der Waals surface area contributed by atoms with Gasteiger partial charge >= 0.3 is 0 Å². The SMILES string of the molecule is CN(c1cnc(-c2cc3ccn(C)c(=O)c3cc2O)nn1)[C@H]1C[C@@H]2CC[C@H](N2)[C@H]1F. The Kier molecular flexibility index (Phi) is 4.43. The van der Waals surface area contributed by atoms with Crippen LogP contribution in [-0.2, 0) is 7.05 Å². The maximum atomic E-state index is 14.8. The van der Waals surface area contributed by atoms with Crippen LogP contribution in [0.15, 0.2) is 35.4 Å². The lowest BCUT2D eigenvalue weighted by Crippen LogP contribution is -2.55. The number of phenolic OH excluding ortho intramolecular Hbond substituents is 1. The first-order valence-electron chi connectivity index (χ1n) is 10.1. The molecule has 2 N–H and O–H groups in total. The highest BCUT2D eigenvalue weighted by Crippen LogP contribution is 2.34. The van der Waals surface area contributed by atoms with Crippen LogP contribution in [0, 0.1) is 0 Å². The second-order valence-corrected chi connectivity index (χ2v) is 8.23. The summed E-state index contributed by atoms with van der Waals surface area (Å²) in [5.41, 5.74) is 0.197. The van der Waals surface area contributed by atoms with Gasteiger partial charge in [-0.05, 0) is 42.8 Å². The van der Waals surface area contributed by atoms with Crippen LogP contribution in [0.1, 0.15) is 19.3 Å². The van der Waals surface area contributed by atoms with Crippen LogP contribution >= 0.6 is 0 Å². The molecule has 2 aromatic heterocycles. The summed E-state index contributed by atoms with van der Waals surface area (Å²) in [6.45, 7) is 0. The van der Waals surface area contributed by atoms with Crippen molar-refractivity contribution in [3.05, 3.63) is 40.9 Å². The molecule has 4 heterocycles. The van der Waals surface area contributed by atoms with Crippen LogP contribution in [0.3, 0.4) is 0 Å². The molecule has 0 aliphatic carbocycles. The van der Waals surface area contributed by atoms with Crippen molar-refractivity contribution < 1.29 is 9.50 Å². The number of aryl methyl sites for hydroxylation is 1. The molecule has 156 valence electrons. The fourth-order valence-electron chi connectivity index (χ4n) is 4.63. The topological polar surface area (TPSA) is 96.2 Å². The van der Waals surface area contributed by atoms with Gasteiger partial charge in [-0.25, -0.2) is 9.37 Å². The molecular formula is C21H23FN6O2. The summed E-state index contributed by atoms with van der Waals surface area (Å²) < 4.78 is 16.3. The first kappa shape index (κ1) is 18.9. The molecule has 30 heavy (non-hydrogen) atoms. The molecule has 2 saturated heterocycles. The van der Waals surface area contributed by atoms with Gasteiger partial charge in [-0.3, -0.25) is 4.79 Å². The highest BCUT2D eigenvalue weighted by Gasteiger charge is 2.43. The molecule has 0 unspecified atom stereocenters. The van der Waals surface area contributed by atoms with Crippen LogP contribution in [0.4, 0.5) is 10.2 Å². The number of aromatic hydroxyl groups is 1. The number of hydrogen-bond donors (Lipinski definition) is 2. The van der Waals surface area contributed by atoms with Crippen LogP contribution in [0.25, 0.3) is 22.2 Å². The van der Waals surface area contributed by atoms with Crippen molar-refractivity contribution in [2.75, 3.05) is 11.9 Å². The molecule has 2 aliphatic heterocycles. The fraction of sp³-hybridized carbons (Fsp3) is 0.429. The third kappa shape index (κ3) is 3.00. The predicted molar refractivity (Wildman–Crippen MR) is 111 cm³/mol. The van der Waals surface area contributed by atoms with E-state index in [0.29, 0.717) is 28.2 Å². The van der Waals surface area contributed by atoms with Gasteiger partial charge in [-0.1, -0.05) is 0 Å². The number of aromatic nitrogens is 4. The molecule has 9 heteroatoms. The van der Waals surface area contributed by atoms with E-state index in [1.807, 2.05) is 11.9 Å². The van der Waals surface area contributed by atoms with Gasteiger partial charge in [0, 0.05) is 32.4 Å². The quantitative estimate of drug-likeness (QED) is 0.679. The smallest absolute Gasteiger partial charge is 0.258 e. The van der Waals surface area contributed by atoms with Crippen molar-refractivity contribution >= 4 is 16.6 Å². The van der Waals surface area contributed by atoms with E-state index >= 15 is 0 Å². The standard InChI is InChI=1S/C21H23FN6O2/c1-27-6-5-11-7-14(17(29)9-13(11)21(27)30)20-23-10-18(25-26-20)28(2)16-8-12-3-4-15(24-12)19(16)22/h5-7,9-10,12,15-16,19,24,29H,3-4,8H2,1-2H3/t12-,15-,16-,19+/m0/s1. The van der Waals surface area contributed by atoms with Crippen molar-refractivity contribution in [3.63, 3.8) is 0 Å². The molecule has 3 aromatic rings. The maximum absolute atomic E-state index is 14.8. The number of hydrogen-bond acceptors (Lipinski definition) is 7. The van der Waals surface area contributed by atoms with Crippen molar-refractivity contribution in [2.24, 2.45) is 7.05 Å². The van der Waals surface area contributed by atoms with Crippen LogP contribution in [0.5, 0.6) is 5.75 Å². The summed E-state index contributed by atoms with van der Waals surface area (Å²) in [5.74, 6) is 0.642. The van der Waals surface area contributed by atoms with E-state index in [9.17, 15) is 14.3 Å². The zero-order chi connectivity index (χ0) is 21.0. The van der Waals surface area contributed by atoms with Gasteiger partial charge in [0.2, 0.25) is 0 Å².